The summed E-state index contributed by atoms with van der Waals surface area (Å²) in [6.45, 7) is 7.37. The number of anilines is 1. The Bertz CT molecular complexity index is 1610. The molecule has 1 aliphatic heterocycles. The third-order valence-electron chi connectivity index (χ3n) is 7.52. The first-order valence-corrected chi connectivity index (χ1v) is 14.0. The van der Waals surface area contributed by atoms with E-state index in [0.717, 1.165) is 43.8 Å². The van der Waals surface area contributed by atoms with E-state index >= 15 is 0 Å². The molecule has 0 bridgehead atoms. The molecule has 2 atom stereocenters. The number of hydrogen-bond donors (Lipinski definition) is 1. The number of fused-ring (bicyclic) bond motifs is 2. The minimum Gasteiger partial charge on any atom is -0.495 e. The molecule has 1 fully saturated rings. The van der Waals surface area contributed by atoms with Crippen molar-refractivity contribution in [1.82, 2.24) is 29.2 Å². The molecule has 1 saturated heterocycles. The zero-order chi connectivity index (χ0) is 28.7. The van der Waals surface area contributed by atoms with E-state index in [0.29, 0.717) is 31.0 Å². The number of aryl methyl sites for hydroxylation is 1. The molecule has 5 rings (SSSR count). The molecule has 10 nitrogen and oxygen atoms in total. The molecule has 40 heavy (non-hydrogen) atoms. The number of likely N-dealkylation sites (N-methyl/N-ethyl adjacent to an activating group) is 2. The Morgan fingerprint density at radius 2 is 2.00 bits per heavy atom. The SMILES string of the molecule is C=CC(=O)N1CC(n2cc(-c3cc4cc(C)cc(OC)c4s3)c3c(N)ncnc32)CC1C(=O)N(C)CCN(C)C. The fourth-order valence-electron chi connectivity index (χ4n) is 5.45. The van der Waals surface area contributed by atoms with E-state index in [9.17, 15) is 9.59 Å². The normalized spacial score (nSPS) is 17.2. The Labute approximate surface area is 237 Å². The number of hydrogen-bond acceptors (Lipinski definition) is 8. The molecule has 1 aliphatic rings. The first-order valence-electron chi connectivity index (χ1n) is 13.1. The number of nitrogen functional groups attached to an aromatic ring is 1. The lowest BCUT2D eigenvalue weighted by Gasteiger charge is -2.27. The van der Waals surface area contributed by atoms with Gasteiger partial charge in [-0.15, -0.1) is 11.3 Å². The summed E-state index contributed by atoms with van der Waals surface area (Å²) in [4.78, 5) is 41.6. The van der Waals surface area contributed by atoms with Crippen LogP contribution in [0.3, 0.4) is 0 Å². The topological polar surface area (TPSA) is 110 Å². The molecule has 3 aromatic heterocycles. The van der Waals surface area contributed by atoms with Gasteiger partial charge < -0.3 is 29.7 Å². The van der Waals surface area contributed by atoms with Crippen molar-refractivity contribution < 1.29 is 14.3 Å². The summed E-state index contributed by atoms with van der Waals surface area (Å²) in [7, 11) is 7.39. The molecule has 2 N–H and O–H groups in total. The average Bonchev–Trinajstić information content (AvgIpc) is 3.65. The lowest BCUT2D eigenvalue weighted by molar-refractivity contribution is -0.140. The van der Waals surface area contributed by atoms with Crippen LogP contribution in [-0.4, -0.2) is 95.0 Å². The number of aromatic nitrogens is 3. The van der Waals surface area contributed by atoms with Gasteiger partial charge in [-0.05, 0) is 56.6 Å². The van der Waals surface area contributed by atoms with E-state index in [2.05, 4.69) is 28.7 Å². The molecule has 0 aliphatic carbocycles. The Balaban J connectivity index is 1.57. The van der Waals surface area contributed by atoms with Crippen molar-refractivity contribution in [2.24, 2.45) is 0 Å². The maximum Gasteiger partial charge on any atom is 0.246 e. The van der Waals surface area contributed by atoms with Crippen molar-refractivity contribution in [3.63, 3.8) is 0 Å². The fraction of sp³-hybridized carbons (Fsp3) is 0.379. The van der Waals surface area contributed by atoms with Crippen LogP contribution in [0.15, 0.2) is 43.4 Å². The number of rotatable bonds is 8. The number of ether oxygens (including phenoxy) is 1. The quantitative estimate of drug-likeness (QED) is 0.328. The molecule has 0 saturated carbocycles. The van der Waals surface area contributed by atoms with Crippen LogP contribution >= 0.6 is 11.3 Å². The monoisotopic (exact) mass is 561 g/mol. The van der Waals surface area contributed by atoms with Crippen LogP contribution in [0, 0.1) is 6.92 Å². The number of methoxy groups -OCH3 is 1. The third-order valence-corrected chi connectivity index (χ3v) is 8.72. The fourth-order valence-corrected chi connectivity index (χ4v) is 6.60. The van der Waals surface area contributed by atoms with Gasteiger partial charge in [0.05, 0.1) is 23.2 Å². The highest BCUT2D eigenvalue weighted by Gasteiger charge is 2.41. The summed E-state index contributed by atoms with van der Waals surface area (Å²) < 4.78 is 8.75. The van der Waals surface area contributed by atoms with Crippen LogP contribution < -0.4 is 10.5 Å². The predicted octanol–water partition coefficient (Wildman–Crippen LogP) is 3.56. The molecular weight excluding hydrogens is 526 g/mol. The summed E-state index contributed by atoms with van der Waals surface area (Å²) >= 11 is 1.62. The maximum absolute atomic E-state index is 13.5. The van der Waals surface area contributed by atoms with Gasteiger partial charge in [-0.2, -0.15) is 0 Å². The first-order chi connectivity index (χ1) is 19.1. The first kappa shape index (κ1) is 27.6. The zero-order valence-electron chi connectivity index (χ0n) is 23.5. The molecule has 1 aromatic carbocycles. The van der Waals surface area contributed by atoms with Crippen LogP contribution in [0.5, 0.6) is 5.75 Å². The lowest BCUT2D eigenvalue weighted by Crippen LogP contribution is -2.47. The van der Waals surface area contributed by atoms with Crippen molar-refractivity contribution in [3.8, 4) is 16.2 Å². The van der Waals surface area contributed by atoms with Crippen molar-refractivity contribution >= 4 is 50.1 Å². The summed E-state index contributed by atoms with van der Waals surface area (Å²) in [6.07, 6.45) is 5.21. The van der Waals surface area contributed by atoms with E-state index in [1.807, 2.05) is 42.7 Å². The van der Waals surface area contributed by atoms with Crippen LogP contribution in [-0.2, 0) is 9.59 Å². The second-order valence-electron chi connectivity index (χ2n) is 10.6. The lowest BCUT2D eigenvalue weighted by atomic mass is 10.1. The number of thiophene rings is 1. The number of nitrogens with zero attached hydrogens (tertiary/aromatic N) is 6. The van der Waals surface area contributed by atoms with Gasteiger partial charge in [0.25, 0.3) is 0 Å². The second kappa shape index (κ2) is 10.9. The largest absolute Gasteiger partial charge is 0.495 e. The highest BCUT2D eigenvalue weighted by Crippen LogP contribution is 2.44. The van der Waals surface area contributed by atoms with E-state index in [4.69, 9.17) is 10.5 Å². The molecule has 0 radical (unpaired) electrons. The maximum atomic E-state index is 13.5. The molecule has 2 amide bonds. The van der Waals surface area contributed by atoms with Crippen LogP contribution in [0.25, 0.3) is 31.6 Å². The van der Waals surface area contributed by atoms with Gasteiger partial charge in [0.1, 0.15) is 29.6 Å². The van der Waals surface area contributed by atoms with Crippen LogP contribution in [0.2, 0.25) is 0 Å². The van der Waals surface area contributed by atoms with Gasteiger partial charge in [0.15, 0.2) is 0 Å². The van der Waals surface area contributed by atoms with Crippen molar-refractivity contribution in [3.05, 3.63) is 48.9 Å². The summed E-state index contributed by atoms with van der Waals surface area (Å²) in [6, 6.07) is 5.52. The molecule has 4 heterocycles. The van der Waals surface area contributed by atoms with Crippen molar-refractivity contribution in [2.75, 3.05) is 53.6 Å². The number of nitrogens with two attached hydrogens (primary N) is 1. The summed E-state index contributed by atoms with van der Waals surface area (Å²) in [5.41, 5.74) is 9.12. The second-order valence-corrected chi connectivity index (χ2v) is 11.6. The molecule has 210 valence electrons. The van der Waals surface area contributed by atoms with Gasteiger partial charge in [-0.3, -0.25) is 9.59 Å². The highest BCUT2D eigenvalue weighted by molar-refractivity contribution is 7.22. The highest BCUT2D eigenvalue weighted by atomic mass is 32.1. The van der Waals surface area contributed by atoms with E-state index < -0.39 is 6.04 Å². The van der Waals surface area contributed by atoms with Gasteiger partial charge in [-0.1, -0.05) is 12.6 Å². The Morgan fingerprint density at radius 1 is 1.23 bits per heavy atom. The van der Waals surface area contributed by atoms with Gasteiger partial charge in [-0.25, -0.2) is 9.97 Å². The number of likely N-dealkylation sites (tertiary alicyclic amines) is 1. The summed E-state index contributed by atoms with van der Waals surface area (Å²) in [5, 5.41) is 1.84. The molecule has 0 spiro atoms. The predicted molar refractivity (Wildman–Crippen MR) is 160 cm³/mol. The Kier molecular flexibility index (Phi) is 7.52. The number of benzene rings is 1. The van der Waals surface area contributed by atoms with Crippen LogP contribution in [0.4, 0.5) is 5.82 Å². The van der Waals surface area contributed by atoms with E-state index in [-0.39, 0.29) is 17.9 Å². The molecule has 4 aromatic rings. The number of carbonyl (C=O) groups is 2. The minimum absolute atomic E-state index is 0.0858. The van der Waals surface area contributed by atoms with Gasteiger partial charge >= 0.3 is 0 Å². The van der Waals surface area contributed by atoms with Gasteiger partial charge in [0, 0.05) is 43.3 Å². The molecule has 2 unspecified atom stereocenters. The molecule has 11 heteroatoms. The number of amides is 2. The smallest absolute Gasteiger partial charge is 0.246 e. The Hall–Kier alpha value is -3.96. The Morgan fingerprint density at radius 3 is 2.70 bits per heavy atom. The third kappa shape index (κ3) is 4.90. The van der Waals surface area contributed by atoms with Crippen molar-refractivity contribution in [1.29, 1.82) is 0 Å². The number of carbonyl (C=O) groups excluding carboxylic acids is 2. The average molecular weight is 562 g/mol. The molecular formula is C29H35N7O3S. The van der Waals surface area contributed by atoms with E-state index in [1.165, 1.54) is 12.4 Å². The van der Waals surface area contributed by atoms with Crippen molar-refractivity contribution in [2.45, 2.75) is 25.4 Å². The summed E-state index contributed by atoms with van der Waals surface area (Å²) in [5.74, 6) is 0.859. The zero-order valence-corrected chi connectivity index (χ0v) is 24.4. The minimum atomic E-state index is -0.598. The van der Waals surface area contributed by atoms with E-state index in [1.54, 1.807) is 35.3 Å². The standard InChI is InChI=1S/C29H35N7O3S/c1-7-24(37)36-14-19(13-21(36)29(38)34(5)9-8-33(3)4)35-15-20(25-27(30)31-16-32-28(25)35)23-12-18-10-17(2)11-22(39-6)26(18)40-23/h7,10-12,15-16,19,21H,1,8-9,13-14H2,2-6H3,(H2,30,31,32). The van der Waals surface area contributed by atoms with Gasteiger partial charge in [0.2, 0.25) is 11.8 Å². The van der Waals surface area contributed by atoms with Crippen LogP contribution in [0.1, 0.15) is 18.0 Å².